The van der Waals surface area contributed by atoms with E-state index < -0.39 is 17.2 Å². The Morgan fingerprint density at radius 2 is 1.86 bits per heavy atom. The fourth-order valence-corrected chi connectivity index (χ4v) is 2.63. The van der Waals surface area contributed by atoms with Crippen LogP contribution in [0.25, 0.3) is 0 Å². The van der Waals surface area contributed by atoms with Gasteiger partial charge in [-0.25, -0.2) is 8.78 Å². The summed E-state index contributed by atoms with van der Waals surface area (Å²) < 4.78 is 33.2. The number of benzene rings is 2. The van der Waals surface area contributed by atoms with E-state index in [0.29, 0.717) is 5.56 Å². The van der Waals surface area contributed by atoms with Gasteiger partial charge >= 0.3 is 0 Å². The maximum atomic E-state index is 13.7. The summed E-state index contributed by atoms with van der Waals surface area (Å²) in [6.07, 6.45) is 1.40. The van der Waals surface area contributed by atoms with Crippen LogP contribution in [0.15, 0.2) is 65.6 Å². The molecule has 0 bridgehead atoms. The number of amides is 1. The van der Waals surface area contributed by atoms with Gasteiger partial charge in [-0.2, -0.15) is 0 Å². The topological polar surface area (TPSA) is 60.3 Å². The molecule has 0 aliphatic carbocycles. The molecule has 1 heterocycles. The first-order valence-electron chi connectivity index (χ1n) is 8.24. The number of nitrogens with one attached hydrogen (secondary N) is 1. The second-order valence-corrected chi connectivity index (χ2v) is 6.20. The number of pyridine rings is 1. The van der Waals surface area contributed by atoms with Crippen molar-refractivity contribution in [2.75, 3.05) is 0 Å². The number of hydrogen-bond acceptors (Lipinski definition) is 3. The van der Waals surface area contributed by atoms with Gasteiger partial charge < -0.3 is 10.1 Å². The van der Waals surface area contributed by atoms with E-state index in [4.69, 9.17) is 16.3 Å². The second-order valence-electron chi connectivity index (χ2n) is 5.82. The molecule has 0 aliphatic heterocycles. The number of carbonyl (C=O) groups excluding carboxylic acids is 1. The Hall–Kier alpha value is -3.19. The first kappa shape index (κ1) is 19.6. The van der Waals surface area contributed by atoms with Crippen molar-refractivity contribution in [3.8, 4) is 5.75 Å². The summed E-state index contributed by atoms with van der Waals surface area (Å²) in [6.45, 7) is -0.306. The third-order valence-corrected chi connectivity index (χ3v) is 4.26. The predicted molar refractivity (Wildman–Crippen MR) is 100 cm³/mol. The number of ether oxygens (including phenoxy) is 1. The normalized spacial score (nSPS) is 10.5. The SMILES string of the molecule is O=C(NCn1ccc(OCc2ccc(F)cc2F)c(Cl)c1=O)c1ccccc1. The lowest BCUT2D eigenvalue weighted by atomic mass is 10.2. The van der Waals surface area contributed by atoms with Gasteiger partial charge in [0, 0.05) is 23.4 Å². The van der Waals surface area contributed by atoms with Crippen LogP contribution >= 0.6 is 11.6 Å². The molecule has 0 atom stereocenters. The van der Waals surface area contributed by atoms with Crippen LogP contribution in [0, 0.1) is 11.6 Å². The fraction of sp³-hybridized carbons (Fsp3) is 0.100. The van der Waals surface area contributed by atoms with Crippen LogP contribution in [0.4, 0.5) is 8.78 Å². The molecule has 0 aliphatic rings. The van der Waals surface area contributed by atoms with Gasteiger partial charge in [-0.3, -0.25) is 14.2 Å². The standard InChI is InChI=1S/C20H15ClF2N2O3/c21-18-17(28-11-14-6-7-15(22)10-16(14)23)8-9-25(20(18)27)12-24-19(26)13-4-2-1-3-5-13/h1-10H,11-12H2,(H,24,26). The van der Waals surface area contributed by atoms with Crippen LogP contribution in [0.1, 0.15) is 15.9 Å². The van der Waals surface area contributed by atoms with Crippen molar-refractivity contribution in [2.45, 2.75) is 13.3 Å². The summed E-state index contributed by atoms with van der Waals surface area (Å²) in [5.74, 6) is -1.73. The highest BCUT2D eigenvalue weighted by molar-refractivity contribution is 6.31. The average Bonchev–Trinajstić information content (AvgIpc) is 2.70. The van der Waals surface area contributed by atoms with Gasteiger partial charge in [-0.15, -0.1) is 0 Å². The van der Waals surface area contributed by atoms with Crippen molar-refractivity contribution < 1.29 is 18.3 Å². The zero-order valence-corrected chi connectivity index (χ0v) is 15.2. The number of carbonyl (C=O) groups is 1. The van der Waals surface area contributed by atoms with E-state index in [9.17, 15) is 18.4 Å². The van der Waals surface area contributed by atoms with Gasteiger partial charge in [-0.05, 0) is 30.3 Å². The molecule has 28 heavy (non-hydrogen) atoms. The summed E-state index contributed by atoms with van der Waals surface area (Å²) in [7, 11) is 0. The summed E-state index contributed by atoms with van der Waals surface area (Å²) in [6, 6.07) is 13.1. The second kappa shape index (κ2) is 8.67. The van der Waals surface area contributed by atoms with Gasteiger partial charge in [0.15, 0.2) is 0 Å². The summed E-state index contributed by atoms with van der Waals surface area (Å²) in [5, 5.41) is 2.40. The summed E-state index contributed by atoms with van der Waals surface area (Å²) in [5.41, 5.74) is 0.00630. The van der Waals surface area contributed by atoms with Crippen LogP contribution in [0.2, 0.25) is 5.02 Å². The van der Waals surface area contributed by atoms with E-state index in [2.05, 4.69) is 5.32 Å². The molecule has 0 spiro atoms. The lowest BCUT2D eigenvalue weighted by molar-refractivity contribution is 0.0941. The molecule has 1 aromatic heterocycles. The lowest BCUT2D eigenvalue weighted by Crippen LogP contribution is -2.32. The predicted octanol–water partition coefficient (Wildman–Crippen LogP) is 3.75. The van der Waals surface area contributed by atoms with Gasteiger partial charge in [-0.1, -0.05) is 29.8 Å². The minimum atomic E-state index is -0.756. The smallest absolute Gasteiger partial charge is 0.274 e. The minimum Gasteiger partial charge on any atom is -0.487 e. The monoisotopic (exact) mass is 404 g/mol. The molecular weight excluding hydrogens is 390 g/mol. The third kappa shape index (κ3) is 4.55. The number of rotatable bonds is 6. The molecule has 0 saturated heterocycles. The maximum Gasteiger partial charge on any atom is 0.274 e. The first-order valence-corrected chi connectivity index (χ1v) is 8.62. The van der Waals surface area contributed by atoms with Crippen LogP contribution in [0.3, 0.4) is 0 Å². The maximum absolute atomic E-state index is 13.7. The lowest BCUT2D eigenvalue weighted by Gasteiger charge is -2.12. The van der Waals surface area contributed by atoms with E-state index in [-0.39, 0.29) is 35.5 Å². The number of aromatic nitrogens is 1. The van der Waals surface area contributed by atoms with Crippen LogP contribution in [-0.4, -0.2) is 10.5 Å². The third-order valence-electron chi connectivity index (χ3n) is 3.92. The molecule has 0 unspecified atom stereocenters. The highest BCUT2D eigenvalue weighted by atomic mass is 35.5. The van der Waals surface area contributed by atoms with Crippen molar-refractivity contribution in [1.82, 2.24) is 9.88 Å². The van der Waals surface area contributed by atoms with Gasteiger partial charge in [0.1, 0.15) is 29.0 Å². The Morgan fingerprint density at radius 3 is 2.57 bits per heavy atom. The molecular formula is C20H15ClF2N2O3. The largest absolute Gasteiger partial charge is 0.487 e. The molecule has 0 fully saturated rings. The molecule has 3 rings (SSSR count). The van der Waals surface area contributed by atoms with Crippen molar-refractivity contribution in [3.63, 3.8) is 0 Å². The molecule has 0 radical (unpaired) electrons. The first-order chi connectivity index (χ1) is 13.5. The Balaban J connectivity index is 1.67. The zero-order chi connectivity index (χ0) is 20.1. The molecule has 8 heteroatoms. The van der Waals surface area contributed by atoms with E-state index in [1.807, 2.05) is 0 Å². The van der Waals surface area contributed by atoms with Crippen LogP contribution in [-0.2, 0) is 13.3 Å². The molecule has 5 nitrogen and oxygen atoms in total. The molecule has 144 valence electrons. The van der Waals surface area contributed by atoms with E-state index >= 15 is 0 Å². The van der Waals surface area contributed by atoms with Gasteiger partial charge in [0.25, 0.3) is 11.5 Å². The van der Waals surface area contributed by atoms with Crippen molar-refractivity contribution in [1.29, 1.82) is 0 Å². The van der Waals surface area contributed by atoms with Gasteiger partial charge in [0.05, 0.1) is 6.67 Å². The minimum absolute atomic E-state index is 0.0565. The number of nitrogens with zero attached hydrogens (tertiary/aromatic N) is 1. The number of hydrogen-bond donors (Lipinski definition) is 1. The Kier molecular flexibility index (Phi) is 6.06. The van der Waals surface area contributed by atoms with Crippen LogP contribution < -0.4 is 15.6 Å². The quantitative estimate of drug-likeness (QED) is 0.680. The van der Waals surface area contributed by atoms with E-state index in [1.54, 1.807) is 30.3 Å². The molecule has 1 amide bonds. The fourth-order valence-electron chi connectivity index (χ4n) is 2.41. The highest BCUT2D eigenvalue weighted by Gasteiger charge is 2.12. The molecule has 0 saturated carbocycles. The summed E-state index contributed by atoms with van der Waals surface area (Å²) >= 11 is 6.04. The molecule has 3 aromatic rings. The van der Waals surface area contributed by atoms with Crippen LogP contribution in [0.5, 0.6) is 5.75 Å². The Bertz CT molecular complexity index is 1060. The summed E-state index contributed by atoms with van der Waals surface area (Å²) in [4.78, 5) is 24.4. The van der Waals surface area contributed by atoms with E-state index in [0.717, 1.165) is 12.1 Å². The van der Waals surface area contributed by atoms with Gasteiger partial charge in [0.2, 0.25) is 0 Å². The van der Waals surface area contributed by atoms with Crippen molar-refractivity contribution in [3.05, 3.63) is 98.9 Å². The molecule has 2 aromatic carbocycles. The van der Waals surface area contributed by atoms with E-state index in [1.165, 1.54) is 22.9 Å². The molecule has 1 N–H and O–H groups in total. The Morgan fingerprint density at radius 1 is 1.11 bits per heavy atom. The Labute approximate surface area is 164 Å². The zero-order valence-electron chi connectivity index (χ0n) is 14.5. The number of halogens is 3. The highest BCUT2D eigenvalue weighted by Crippen LogP contribution is 2.21. The van der Waals surface area contributed by atoms with Crippen molar-refractivity contribution >= 4 is 17.5 Å². The average molecular weight is 405 g/mol. The van der Waals surface area contributed by atoms with Crippen molar-refractivity contribution in [2.24, 2.45) is 0 Å².